The predicted octanol–water partition coefficient (Wildman–Crippen LogP) is 0.305. The average Bonchev–Trinajstić information content (AvgIpc) is 2.23. The van der Waals surface area contributed by atoms with Crippen LogP contribution in [0.4, 0.5) is 0 Å². The SMILES string of the molecule is CCNC(=O)CC(C#N)NCCN=[N+]=[N-]. The summed E-state index contributed by atoms with van der Waals surface area (Å²) in [6.07, 6.45) is 0.112. The van der Waals surface area contributed by atoms with Crippen molar-refractivity contribution in [2.24, 2.45) is 5.11 Å². The molecule has 0 bridgehead atoms. The third-order valence-electron chi connectivity index (χ3n) is 1.59. The molecule has 0 aliphatic rings. The molecule has 7 nitrogen and oxygen atoms in total. The number of azide groups is 1. The lowest BCUT2D eigenvalue weighted by atomic mass is 10.2. The molecule has 0 aliphatic heterocycles. The summed E-state index contributed by atoms with van der Waals surface area (Å²) < 4.78 is 0. The maximum Gasteiger partial charge on any atom is 0.222 e. The van der Waals surface area contributed by atoms with Gasteiger partial charge in [0.1, 0.15) is 6.04 Å². The molecule has 82 valence electrons. The summed E-state index contributed by atoms with van der Waals surface area (Å²) in [7, 11) is 0. The molecule has 0 aromatic carbocycles. The summed E-state index contributed by atoms with van der Waals surface area (Å²) in [5, 5.41) is 17.4. The first kappa shape index (κ1) is 13.2. The van der Waals surface area contributed by atoms with Crippen molar-refractivity contribution in [3.8, 4) is 6.07 Å². The van der Waals surface area contributed by atoms with Crippen LogP contribution in [0.3, 0.4) is 0 Å². The molecule has 1 amide bonds. The van der Waals surface area contributed by atoms with E-state index in [-0.39, 0.29) is 18.9 Å². The van der Waals surface area contributed by atoms with Gasteiger partial charge in [0.25, 0.3) is 0 Å². The summed E-state index contributed by atoms with van der Waals surface area (Å²) >= 11 is 0. The number of hydrogen-bond donors (Lipinski definition) is 2. The third-order valence-corrected chi connectivity index (χ3v) is 1.59. The predicted molar refractivity (Wildman–Crippen MR) is 54.7 cm³/mol. The summed E-state index contributed by atoms with van der Waals surface area (Å²) in [5.41, 5.74) is 8.01. The molecule has 7 heteroatoms. The minimum absolute atomic E-state index is 0.112. The molecule has 0 saturated heterocycles. The van der Waals surface area contributed by atoms with Gasteiger partial charge in [0.15, 0.2) is 0 Å². The zero-order valence-corrected chi connectivity index (χ0v) is 8.60. The number of nitrogens with one attached hydrogen (secondary N) is 2. The van der Waals surface area contributed by atoms with E-state index in [1.165, 1.54) is 0 Å². The second-order valence-electron chi connectivity index (χ2n) is 2.75. The molecule has 0 aromatic rings. The highest BCUT2D eigenvalue weighted by Crippen LogP contribution is 1.90. The lowest BCUT2D eigenvalue weighted by Crippen LogP contribution is -2.35. The first-order chi connectivity index (χ1) is 7.24. The van der Waals surface area contributed by atoms with Crippen molar-refractivity contribution in [1.29, 1.82) is 5.26 Å². The molecule has 0 aromatic heterocycles. The van der Waals surface area contributed by atoms with Crippen LogP contribution in [0.25, 0.3) is 10.4 Å². The first-order valence-corrected chi connectivity index (χ1v) is 4.65. The van der Waals surface area contributed by atoms with Crippen LogP contribution in [0.2, 0.25) is 0 Å². The number of carbonyl (C=O) groups excluding carboxylic acids is 1. The highest BCUT2D eigenvalue weighted by atomic mass is 16.1. The van der Waals surface area contributed by atoms with Gasteiger partial charge in [-0.15, -0.1) is 0 Å². The Balaban J connectivity index is 3.78. The van der Waals surface area contributed by atoms with E-state index >= 15 is 0 Å². The minimum atomic E-state index is -0.537. The molecule has 0 fully saturated rings. The van der Waals surface area contributed by atoms with Crippen molar-refractivity contribution >= 4 is 5.91 Å². The smallest absolute Gasteiger partial charge is 0.222 e. The summed E-state index contributed by atoms with van der Waals surface area (Å²) in [6, 6.07) is 1.42. The number of nitriles is 1. The minimum Gasteiger partial charge on any atom is -0.356 e. The largest absolute Gasteiger partial charge is 0.356 e. The van der Waals surface area contributed by atoms with Crippen LogP contribution < -0.4 is 10.6 Å². The van der Waals surface area contributed by atoms with E-state index in [0.29, 0.717) is 13.1 Å². The van der Waals surface area contributed by atoms with E-state index in [0.717, 1.165) is 0 Å². The molecular weight excluding hydrogens is 196 g/mol. The van der Waals surface area contributed by atoms with Crippen LogP contribution in [0.5, 0.6) is 0 Å². The van der Waals surface area contributed by atoms with Gasteiger partial charge < -0.3 is 10.6 Å². The Morgan fingerprint density at radius 1 is 1.73 bits per heavy atom. The summed E-state index contributed by atoms with van der Waals surface area (Å²) in [5.74, 6) is -0.166. The molecule has 2 N–H and O–H groups in total. The van der Waals surface area contributed by atoms with Crippen molar-refractivity contribution < 1.29 is 4.79 Å². The maximum absolute atomic E-state index is 11.1. The van der Waals surface area contributed by atoms with Crippen LogP contribution in [-0.2, 0) is 4.79 Å². The van der Waals surface area contributed by atoms with Crippen LogP contribution in [0.15, 0.2) is 5.11 Å². The molecule has 0 heterocycles. The quantitative estimate of drug-likeness (QED) is 0.272. The van der Waals surface area contributed by atoms with Gasteiger partial charge in [-0.05, 0) is 12.5 Å². The second-order valence-corrected chi connectivity index (χ2v) is 2.75. The fourth-order valence-electron chi connectivity index (χ4n) is 0.952. The number of hydrogen-bond acceptors (Lipinski definition) is 4. The topological polar surface area (TPSA) is 114 Å². The molecule has 15 heavy (non-hydrogen) atoms. The molecule has 1 unspecified atom stereocenters. The highest BCUT2D eigenvalue weighted by molar-refractivity contribution is 5.76. The Kier molecular flexibility index (Phi) is 7.77. The number of carbonyl (C=O) groups is 1. The van der Waals surface area contributed by atoms with E-state index in [1.807, 2.05) is 13.0 Å². The van der Waals surface area contributed by atoms with Crippen LogP contribution in [0, 0.1) is 11.3 Å². The first-order valence-electron chi connectivity index (χ1n) is 4.65. The van der Waals surface area contributed by atoms with Crippen molar-refractivity contribution in [2.75, 3.05) is 19.6 Å². The Labute approximate surface area is 88.1 Å². The second kappa shape index (κ2) is 8.81. The van der Waals surface area contributed by atoms with Gasteiger partial charge >= 0.3 is 0 Å². The van der Waals surface area contributed by atoms with Crippen LogP contribution in [0.1, 0.15) is 13.3 Å². The lowest BCUT2D eigenvalue weighted by molar-refractivity contribution is -0.121. The number of nitrogens with zero attached hydrogens (tertiary/aromatic N) is 4. The molecule has 0 spiro atoms. The van der Waals surface area contributed by atoms with Gasteiger partial charge in [0.05, 0.1) is 12.5 Å². The van der Waals surface area contributed by atoms with Crippen molar-refractivity contribution in [1.82, 2.24) is 10.6 Å². The maximum atomic E-state index is 11.1. The standard InChI is InChI=1S/C8H14N6O/c1-2-11-8(15)5-7(6-9)12-3-4-13-14-10/h7,12H,2-5H2,1H3,(H,11,15). The normalized spacial score (nSPS) is 10.9. The van der Waals surface area contributed by atoms with Crippen molar-refractivity contribution in [2.45, 2.75) is 19.4 Å². The number of amides is 1. The Bertz CT molecular complexity index is 277. The Hall–Kier alpha value is -1.77. The molecule has 0 rings (SSSR count). The zero-order valence-electron chi connectivity index (χ0n) is 8.60. The summed E-state index contributed by atoms with van der Waals surface area (Å²) in [6.45, 7) is 3.02. The number of rotatable bonds is 7. The lowest BCUT2D eigenvalue weighted by Gasteiger charge is -2.09. The molecule has 0 saturated carbocycles. The molecule has 0 radical (unpaired) electrons. The van der Waals surface area contributed by atoms with Gasteiger partial charge in [0.2, 0.25) is 5.91 Å². The Morgan fingerprint density at radius 2 is 2.47 bits per heavy atom. The van der Waals surface area contributed by atoms with Crippen molar-refractivity contribution in [3.05, 3.63) is 10.4 Å². The van der Waals surface area contributed by atoms with Gasteiger partial charge in [-0.2, -0.15) is 5.26 Å². The van der Waals surface area contributed by atoms with Gasteiger partial charge in [-0.1, -0.05) is 5.11 Å². The van der Waals surface area contributed by atoms with E-state index < -0.39 is 6.04 Å². The van der Waals surface area contributed by atoms with E-state index in [9.17, 15) is 4.79 Å². The van der Waals surface area contributed by atoms with Gasteiger partial charge in [-0.25, -0.2) is 0 Å². The highest BCUT2D eigenvalue weighted by Gasteiger charge is 2.10. The molecular formula is C8H14N6O. The molecule has 1 atom stereocenters. The monoisotopic (exact) mass is 210 g/mol. The van der Waals surface area contributed by atoms with Gasteiger partial charge in [-0.3, -0.25) is 4.79 Å². The molecule has 0 aliphatic carbocycles. The summed E-state index contributed by atoms with van der Waals surface area (Å²) in [4.78, 5) is 13.7. The van der Waals surface area contributed by atoms with Crippen LogP contribution in [-0.4, -0.2) is 31.6 Å². The average molecular weight is 210 g/mol. The van der Waals surface area contributed by atoms with Gasteiger partial charge in [0, 0.05) is 24.5 Å². The fraction of sp³-hybridized carbons (Fsp3) is 0.750. The fourth-order valence-corrected chi connectivity index (χ4v) is 0.952. The van der Waals surface area contributed by atoms with E-state index in [2.05, 4.69) is 20.7 Å². The van der Waals surface area contributed by atoms with E-state index in [4.69, 9.17) is 10.8 Å². The van der Waals surface area contributed by atoms with Crippen LogP contribution >= 0.6 is 0 Å². The third kappa shape index (κ3) is 7.31. The van der Waals surface area contributed by atoms with Crippen molar-refractivity contribution in [3.63, 3.8) is 0 Å². The Morgan fingerprint density at radius 3 is 3.00 bits per heavy atom. The zero-order chi connectivity index (χ0) is 11.5. The van der Waals surface area contributed by atoms with E-state index in [1.54, 1.807) is 0 Å².